The molecule has 116 valence electrons. The Morgan fingerprint density at radius 3 is 1.47 bits per heavy atom. The van der Waals surface area contributed by atoms with Crippen molar-refractivity contribution in [2.45, 2.75) is 85.0 Å². The maximum absolute atomic E-state index is 10.7. The maximum Gasteiger partial charge on any atom is 0.209 e. The fourth-order valence-electron chi connectivity index (χ4n) is 2.20. The minimum atomic E-state index is -3.24. The van der Waals surface area contributed by atoms with Gasteiger partial charge in [0.15, 0.2) is 0 Å². The Labute approximate surface area is 120 Å². The highest BCUT2D eigenvalue weighted by atomic mass is 32.2. The van der Waals surface area contributed by atoms with Gasteiger partial charge in [0, 0.05) is 0 Å². The van der Waals surface area contributed by atoms with E-state index in [1.807, 2.05) is 0 Å². The third kappa shape index (κ3) is 17.9. The lowest BCUT2D eigenvalue weighted by Gasteiger charge is -2.17. The monoisotopic (exact) mass is 291 g/mol. The number of hydrogen-bond donors (Lipinski definition) is 1. The quantitative estimate of drug-likeness (QED) is 0.579. The van der Waals surface area contributed by atoms with Gasteiger partial charge in [-0.15, -0.1) is 0 Å². The van der Waals surface area contributed by atoms with E-state index >= 15 is 0 Å². The molecule has 0 unspecified atom stereocenters. The third-order valence-corrected chi connectivity index (χ3v) is 4.21. The Hall–Kier alpha value is -0.0900. The number of sulfonamides is 1. The van der Waals surface area contributed by atoms with Crippen LogP contribution >= 0.6 is 0 Å². The van der Waals surface area contributed by atoms with E-state index in [-0.39, 0.29) is 5.75 Å². The molecule has 0 aliphatic rings. The summed E-state index contributed by atoms with van der Waals surface area (Å²) in [4.78, 5) is 0. The normalized spacial score (nSPS) is 12.8. The van der Waals surface area contributed by atoms with Crippen LogP contribution in [0.4, 0.5) is 0 Å². The zero-order valence-electron chi connectivity index (χ0n) is 13.1. The molecule has 4 heteroatoms. The highest BCUT2D eigenvalue weighted by molar-refractivity contribution is 7.89. The second kappa shape index (κ2) is 9.76. The van der Waals surface area contributed by atoms with E-state index in [1.54, 1.807) is 0 Å². The molecule has 0 aromatic carbocycles. The molecular formula is C15H33NO2S. The van der Waals surface area contributed by atoms with E-state index in [1.165, 1.54) is 44.9 Å². The van der Waals surface area contributed by atoms with E-state index in [0.717, 1.165) is 12.8 Å². The Balaban J connectivity index is 3.16. The molecule has 0 atom stereocenters. The highest BCUT2D eigenvalue weighted by Crippen LogP contribution is 2.22. The Morgan fingerprint density at radius 2 is 1.11 bits per heavy atom. The molecule has 0 fully saturated rings. The number of nitrogens with two attached hydrogens (primary N) is 1. The number of hydrogen-bond acceptors (Lipinski definition) is 2. The molecule has 0 amide bonds. The summed E-state index contributed by atoms with van der Waals surface area (Å²) in [6.07, 6.45) is 12.0. The average Bonchev–Trinajstić information content (AvgIpc) is 2.22. The summed E-state index contributed by atoms with van der Waals surface area (Å²) < 4.78 is 21.4. The topological polar surface area (TPSA) is 60.2 Å². The summed E-state index contributed by atoms with van der Waals surface area (Å²) in [6, 6.07) is 0. The van der Waals surface area contributed by atoms with Crippen molar-refractivity contribution >= 4 is 10.0 Å². The summed E-state index contributed by atoms with van der Waals surface area (Å²) in [5, 5.41) is 4.95. The van der Waals surface area contributed by atoms with E-state index < -0.39 is 10.0 Å². The van der Waals surface area contributed by atoms with Crippen molar-refractivity contribution in [1.29, 1.82) is 0 Å². The predicted molar refractivity (Wildman–Crippen MR) is 83.6 cm³/mol. The standard InChI is InChI=1S/C15H33NO2S/c1-15(2,3)13-11-9-7-5-4-6-8-10-12-14-19(16,17)18/h4-14H2,1-3H3,(H2,16,17,18). The number of rotatable bonds is 11. The van der Waals surface area contributed by atoms with Gasteiger partial charge in [0.05, 0.1) is 5.75 Å². The van der Waals surface area contributed by atoms with Crippen LogP contribution in [0.5, 0.6) is 0 Å². The van der Waals surface area contributed by atoms with Gasteiger partial charge < -0.3 is 0 Å². The Bertz CT molecular complexity index is 305. The largest absolute Gasteiger partial charge is 0.229 e. The van der Waals surface area contributed by atoms with Gasteiger partial charge in [0.1, 0.15) is 0 Å². The van der Waals surface area contributed by atoms with Crippen molar-refractivity contribution in [2.75, 3.05) is 5.75 Å². The maximum atomic E-state index is 10.7. The van der Waals surface area contributed by atoms with Crippen molar-refractivity contribution in [3.05, 3.63) is 0 Å². The smallest absolute Gasteiger partial charge is 0.209 e. The fourth-order valence-corrected chi connectivity index (χ4v) is 2.80. The molecule has 0 aliphatic heterocycles. The van der Waals surface area contributed by atoms with Crippen molar-refractivity contribution in [3.8, 4) is 0 Å². The second-order valence-electron chi connectivity index (χ2n) is 6.86. The molecule has 0 rings (SSSR count). The van der Waals surface area contributed by atoms with E-state index in [4.69, 9.17) is 5.14 Å². The van der Waals surface area contributed by atoms with Crippen molar-refractivity contribution in [2.24, 2.45) is 10.6 Å². The van der Waals surface area contributed by atoms with Crippen LogP contribution < -0.4 is 5.14 Å². The minimum absolute atomic E-state index is 0.139. The molecule has 0 aliphatic carbocycles. The summed E-state index contributed by atoms with van der Waals surface area (Å²) in [5.74, 6) is 0.139. The van der Waals surface area contributed by atoms with Gasteiger partial charge in [0.25, 0.3) is 0 Å². The summed E-state index contributed by atoms with van der Waals surface area (Å²) in [7, 11) is -3.24. The Morgan fingerprint density at radius 1 is 0.737 bits per heavy atom. The predicted octanol–water partition coefficient (Wildman–Crippen LogP) is 4.22. The SMILES string of the molecule is CC(C)(C)CCCCCCCCCCCS(N)(=O)=O. The van der Waals surface area contributed by atoms with Gasteiger partial charge in [-0.05, 0) is 18.3 Å². The van der Waals surface area contributed by atoms with Crippen LogP contribution in [0.15, 0.2) is 0 Å². The van der Waals surface area contributed by atoms with Crippen LogP contribution in [0.2, 0.25) is 0 Å². The molecule has 3 nitrogen and oxygen atoms in total. The van der Waals surface area contributed by atoms with Gasteiger partial charge in [-0.1, -0.05) is 72.1 Å². The minimum Gasteiger partial charge on any atom is -0.229 e. The molecule has 0 saturated heterocycles. The van der Waals surface area contributed by atoms with Gasteiger partial charge in [0.2, 0.25) is 10.0 Å². The molecule has 0 bridgehead atoms. The van der Waals surface area contributed by atoms with E-state index in [0.29, 0.717) is 11.8 Å². The van der Waals surface area contributed by atoms with Crippen molar-refractivity contribution in [1.82, 2.24) is 0 Å². The molecule has 0 aromatic rings. The zero-order chi connectivity index (χ0) is 14.8. The molecule has 0 saturated carbocycles. The summed E-state index contributed by atoms with van der Waals surface area (Å²) in [6.45, 7) is 6.90. The lowest BCUT2D eigenvalue weighted by atomic mass is 9.89. The number of unbranched alkanes of at least 4 members (excludes halogenated alkanes) is 8. The first-order chi connectivity index (χ1) is 8.71. The third-order valence-electron chi connectivity index (χ3n) is 3.36. The summed E-state index contributed by atoms with van der Waals surface area (Å²) >= 11 is 0. The fraction of sp³-hybridized carbons (Fsp3) is 1.00. The molecule has 19 heavy (non-hydrogen) atoms. The van der Waals surface area contributed by atoms with Crippen LogP contribution in [0.3, 0.4) is 0 Å². The highest BCUT2D eigenvalue weighted by Gasteiger charge is 2.08. The van der Waals surface area contributed by atoms with E-state index in [2.05, 4.69) is 20.8 Å². The van der Waals surface area contributed by atoms with Gasteiger partial charge in [-0.25, -0.2) is 13.6 Å². The van der Waals surface area contributed by atoms with E-state index in [9.17, 15) is 8.42 Å². The molecule has 0 radical (unpaired) electrons. The lowest BCUT2D eigenvalue weighted by Crippen LogP contribution is -2.16. The molecular weight excluding hydrogens is 258 g/mol. The molecule has 0 aromatic heterocycles. The van der Waals surface area contributed by atoms with Crippen LogP contribution in [-0.4, -0.2) is 14.2 Å². The van der Waals surface area contributed by atoms with Crippen LogP contribution in [0, 0.1) is 5.41 Å². The summed E-state index contributed by atoms with van der Waals surface area (Å²) in [5.41, 5.74) is 0.476. The van der Waals surface area contributed by atoms with Crippen LogP contribution in [0.1, 0.15) is 85.0 Å². The van der Waals surface area contributed by atoms with Crippen LogP contribution in [0.25, 0.3) is 0 Å². The Kier molecular flexibility index (Phi) is 9.71. The molecule has 0 heterocycles. The van der Waals surface area contributed by atoms with Gasteiger partial charge in [-0.3, -0.25) is 0 Å². The van der Waals surface area contributed by atoms with Gasteiger partial charge >= 0.3 is 0 Å². The zero-order valence-corrected chi connectivity index (χ0v) is 13.9. The first-order valence-corrected chi connectivity index (χ1v) is 9.43. The average molecular weight is 292 g/mol. The second-order valence-corrected chi connectivity index (χ2v) is 8.59. The lowest BCUT2D eigenvalue weighted by molar-refractivity contribution is 0.356. The number of primary sulfonamides is 1. The van der Waals surface area contributed by atoms with Gasteiger partial charge in [-0.2, -0.15) is 0 Å². The molecule has 2 N–H and O–H groups in total. The first-order valence-electron chi connectivity index (χ1n) is 7.71. The van der Waals surface area contributed by atoms with Crippen molar-refractivity contribution < 1.29 is 8.42 Å². The van der Waals surface area contributed by atoms with Crippen LogP contribution in [-0.2, 0) is 10.0 Å². The molecule has 0 spiro atoms. The van der Waals surface area contributed by atoms with Crippen molar-refractivity contribution in [3.63, 3.8) is 0 Å². The first kappa shape index (κ1) is 18.9.